The average Bonchev–Trinajstić information content (AvgIpc) is 4.03. The summed E-state index contributed by atoms with van der Waals surface area (Å²) in [4.78, 5) is 43.5. The molecule has 0 atom stereocenters. The number of H-pyrrole nitrogens is 2. The monoisotopic (exact) mass is 1030 g/mol. The first-order chi connectivity index (χ1) is 35.4. The van der Waals surface area contributed by atoms with E-state index in [1.165, 1.54) is 15.2 Å². The van der Waals surface area contributed by atoms with E-state index in [0.29, 0.717) is 32.8 Å². The molecule has 15 nitrogen and oxygen atoms in total. The van der Waals surface area contributed by atoms with Gasteiger partial charge >= 0.3 is 0 Å². The summed E-state index contributed by atoms with van der Waals surface area (Å²) in [7, 11) is 0. The van der Waals surface area contributed by atoms with Gasteiger partial charge in [0.2, 0.25) is 0 Å². The Balaban J connectivity index is 0.000000189. The van der Waals surface area contributed by atoms with E-state index in [4.69, 9.17) is 54.2 Å². The van der Waals surface area contributed by atoms with Crippen LogP contribution >= 0.6 is 34.8 Å². The van der Waals surface area contributed by atoms with E-state index in [9.17, 15) is 14.9 Å². The number of nitrogens with zero attached hydrogens (tertiary/aromatic N) is 9. The summed E-state index contributed by atoms with van der Waals surface area (Å²) in [6.45, 7) is 12.8. The van der Waals surface area contributed by atoms with Crippen LogP contribution in [0, 0.1) is 39.0 Å². The first kappa shape index (κ1) is 51.2. The molecule has 0 unspecified atom stereocenters. The van der Waals surface area contributed by atoms with Gasteiger partial charge in [-0.25, -0.2) is 9.97 Å². The highest BCUT2D eigenvalue weighted by atomic mass is 35.5. The van der Waals surface area contributed by atoms with E-state index in [2.05, 4.69) is 30.4 Å². The zero-order valence-electron chi connectivity index (χ0n) is 40.7. The molecule has 0 bridgehead atoms. The zero-order valence-corrected chi connectivity index (χ0v) is 42.9. The minimum atomic E-state index is -0.353. The van der Waals surface area contributed by atoms with Crippen molar-refractivity contribution in [2.45, 2.75) is 67.8 Å². The van der Waals surface area contributed by atoms with Crippen molar-refractivity contribution in [1.29, 1.82) is 5.26 Å². The molecule has 8 aromatic heterocycles. The first-order valence-corrected chi connectivity index (χ1v) is 24.3. The molecule has 2 aromatic carbocycles. The van der Waals surface area contributed by atoms with Gasteiger partial charge in [0.25, 0.3) is 11.1 Å². The number of hydrogen-bond donors (Lipinski definition) is 2. The molecule has 0 spiro atoms. The van der Waals surface area contributed by atoms with Gasteiger partial charge in [0.15, 0.2) is 0 Å². The third-order valence-corrected chi connectivity index (χ3v) is 12.7. The molecule has 2 N–H and O–H groups in total. The second kappa shape index (κ2) is 22.9. The SMILES string of the molecule is CC.Cc1cc(-c2[nH]ncc2Cl)c2cccc(OCc3c(C)ccnc3Cn3cccc(C#N)c3=O)c2n1.Cc1cc(-c2[nH]ncc2Cl)c2cccc(OCc3c(C)ccnc3Cn3cccc(Cl)c3=O)c2n1. The van der Waals surface area contributed by atoms with E-state index >= 15 is 0 Å². The van der Waals surface area contributed by atoms with Gasteiger partial charge in [-0.3, -0.25) is 29.8 Å². The number of hydrogen-bond acceptors (Lipinski definition) is 11. The lowest BCUT2D eigenvalue weighted by atomic mass is 10.0. The van der Waals surface area contributed by atoms with E-state index in [1.807, 2.05) is 108 Å². The number of fused-ring (bicyclic) bond motifs is 2. The lowest BCUT2D eigenvalue weighted by Gasteiger charge is -2.16. The van der Waals surface area contributed by atoms with Crippen LogP contribution in [0.1, 0.15) is 64.4 Å². The number of rotatable bonds is 12. The Hall–Kier alpha value is -8.16. The number of pyridine rings is 6. The Morgan fingerprint density at radius 3 is 1.52 bits per heavy atom. The van der Waals surface area contributed by atoms with Gasteiger partial charge in [-0.2, -0.15) is 15.5 Å². The Labute approximate surface area is 435 Å². The number of nitrogens with one attached hydrogen (secondary N) is 2. The maximum Gasteiger partial charge on any atom is 0.269 e. The van der Waals surface area contributed by atoms with Crippen molar-refractivity contribution in [2.75, 3.05) is 0 Å². The fraction of sp³-hybridized carbons (Fsp3) is 0.182. The van der Waals surface area contributed by atoms with Crippen LogP contribution in [0.5, 0.6) is 11.5 Å². The topological polar surface area (TPSA) is 195 Å². The van der Waals surface area contributed by atoms with E-state index in [0.717, 1.165) is 78.1 Å². The summed E-state index contributed by atoms with van der Waals surface area (Å²) in [5, 5.41) is 26.2. The maximum absolute atomic E-state index is 12.6. The van der Waals surface area contributed by atoms with Crippen LogP contribution in [0.15, 0.2) is 132 Å². The predicted octanol–water partition coefficient (Wildman–Crippen LogP) is 11.7. The Kier molecular flexibility index (Phi) is 16.1. The van der Waals surface area contributed by atoms with Crippen LogP contribution in [0.4, 0.5) is 0 Å². The second-order valence-electron chi connectivity index (χ2n) is 16.6. The number of nitriles is 1. The van der Waals surface area contributed by atoms with E-state index in [-0.39, 0.29) is 48.0 Å². The van der Waals surface area contributed by atoms with Crippen molar-refractivity contribution in [3.63, 3.8) is 0 Å². The van der Waals surface area contributed by atoms with Crippen LogP contribution in [0.3, 0.4) is 0 Å². The van der Waals surface area contributed by atoms with Crippen molar-refractivity contribution in [1.82, 2.24) is 49.5 Å². The minimum Gasteiger partial charge on any atom is -0.487 e. The van der Waals surface area contributed by atoms with Gasteiger partial charge in [0, 0.05) is 69.2 Å². The van der Waals surface area contributed by atoms with Crippen molar-refractivity contribution < 1.29 is 9.47 Å². The van der Waals surface area contributed by atoms with Crippen LogP contribution in [-0.2, 0) is 26.3 Å². The molecule has 0 aliphatic heterocycles. The Bertz CT molecular complexity index is 3800. The standard InChI is InChI=1S/C27H21ClN6O2.C26H21Cl2N5O2.C2H6/c1-16-8-9-30-23(14-34-10-4-5-18(12-29)27(34)35)21(16)15-36-24-7-3-6-19-20(11-17(2)32-26(19)24)25-22(28)13-31-33-25;1-15-8-9-29-22(13-33-10-4-6-20(27)26(33)34)19(15)14-35-23-7-3-5-17-18(11-16(2)31-25(17)23)24-21(28)12-30-32-24;1-2/h3-11,13H,14-15H2,1-2H3,(H,31,33);3-12H,13-14H2,1-2H3,(H,30,32);1-2H3. The molecule has 368 valence electrons. The summed E-state index contributed by atoms with van der Waals surface area (Å²) in [6, 6.07) is 27.7. The molecule has 0 saturated carbocycles. The van der Waals surface area contributed by atoms with Crippen molar-refractivity contribution in [3.8, 4) is 40.1 Å². The smallest absolute Gasteiger partial charge is 0.269 e. The molecule has 0 fully saturated rings. The molecule has 18 heteroatoms. The van der Waals surface area contributed by atoms with Gasteiger partial charge in [0.05, 0.1) is 58.3 Å². The molecule has 10 aromatic rings. The third kappa shape index (κ3) is 11.2. The number of aromatic amines is 2. The summed E-state index contributed by atoms with van der Waals surface area (Å²) in [5.41, 5.74) is 11.0. The highest BCUT2D eigenvalue weighted by Crippen LogP contribution is 2.37. The Morgan fingerprint density at radius 2 is 1.07 bits per heavy atom. The molecule has 10 rings (SSSR count). The quantitative estimate of drug-likeness (QED) is 0.118. The molecular formula is C55H48Cl3N11O4. The number of para-hydroxylation sites is 2. The predicted molar refractivity (Wildman–Crippen MR) is 285 cm³/mol. The van der Waals surface area contributed by atoms with E-state index in [1.54, 1.807) is 55.4 Å². The number of aromatic nitrogens is 10. The highest BCUT2D eigenvalue weighted by Gasteiger charge is 2.19. The fourth-order valence-corrected chi connectivity index (χ4v) is 8.79. The van der Waals surface area contributed by atoms with Crippen molar-refractivity contribution >= 4 is 56.6 Å². The Morgan fingerprint density at radius 1 is 0.603 bits per heavy atom. The fourth-order valence-electron chi connectivity index (χ4n) is 8.23. The van der Waals surface area contributed by atoms with Crippen molar-refractivity contribution in [2.24, 2.45) is 0 Å². The molecule has 0 aliphatic rings. The summed E-state index contributed by atoms with van der Waals surface area (Å²) < 4.78 is 15.6. The second-order valence-corrected chi connectivity index (χ2v) is 17.8. The van der Waals surface area contributed by atoms with Crippen molar-refractivity contribution in [3.05, 3.63) is 208 Å². The van der Waals surface area contributed by atoms with Gasteiger partial charge in [-0.05, 0) is 99.5 Å². The van der Waals surface area contributed by atoms with Gasteiger partial charge < -0.3 is 18.6 Å². The molecule has 8 heterocycles. The third-order valence-electron chi connectivity index (χ3n) is 11.8. The molecule has 0 radical (unpaired) electrons. The zero-order chi connectivity index (χ0) is 51.8. The molecular weight excluding hydrogens is 985 g/mol. The number of benzene rings is 2. The van der Waals surface area contributed by atoms with Crippen LogP contribution in [-0.4, -0.2) is 49.5 Å². The lowest BCUT2D eigenvalue weighted by Crippen LogP contribution is -2.23. The van der Waals surface area contributed by atoms with Gasteiger partial charge in [0.1, 0.15) is 52.4 Å². The van der Waals surface area contributed by atoms with Gasteiger partial charge in [-0.15, -0.1) is 0 Å². The summed E-state index contributed by atoms with van der Waals surface area (Å²) in [5.74, 6) is 1.25. The molecule has 73 heavy (non-hydrogen) atoms. The maximum atomic E-state index is 12.6. The number of ether oxygens (including phenoxy) is 2. The number of aryl methyl sites for hydroxylation is 4. The summed E-state index contributed by atoms with van der Waals surface area (Å²) in [6.07, 6.45) is 9.93. The average molecular weight is 1030 g/mol. The van der Waals surface area contributed by atoms with Gasteiger partial charge in [-0.1, -0.05) is 72.9 Å². The van der Waals surface area contributed by atoms with Crippen LogP contribution in [0.25, 0.3) is 44.3 Å². The number of halogens is 3. The van der Waals surface area contributed by atoms with E-state index < -0.39 is 0 Å². The lowest BCUT2D eigenvalue weighted by molar-refractivity contribution is 0.306. The van der Waals surface area contributed by atoms with Crippen LogP contribution in [0.2, 0.25) is 15.1 Å². The minimum absolute atomic E-state index is 0.0910. The first-order valence-electron chi connectivity index (χ1n) is 23.1. The largest absolute Gasteiger partial charge is 0.487 e. The molecule has 0 aliphatic carbocycles. The summed E-state index contributed by atoms with van der Waals surface area (Å²) >= 11 is 18.7. The highest BCUT2D eigenvalue weighted by molar-refractivity contribution is 6.33. The molecule has 0 saturated heterocycles. The normalized spacial score (nSPS) is 10.8. The molecule has 0 amide bonds. The van der Waals surface area contributed by atoms with Crippen LogP contribution < -0.4 is 20.6 Å².